The first-order valence-corrected chi connectivity index (χ1v) is 10.1. The first kappa shape index (κ1) is 18.6. The van der Waals surface area contributed by atoms with Gasteiger partial charge < -0.3 is 9.30 Å². The molecule has 0 amide bonds. The SMILES string of the molecule is CCOCc1nc2cncc(C)c2n1CCCCS(=O)c1ncccn1. The van der Waals surface area contributed by atoms with Gasteiger partial charge in [0, 0.05) is 37.5 Å². The van der Waals surface area contributed by atoms with Gasteiger partial charge in [0.15, 0.2) is 0 Å². The maximum absolute atomic E-state index is 12.2. The van der Waals surface area contributed by atoms with E-state index in [4.69, 9.17) is 4.74 Å². The number of fused-ring (bicyclic) bond motifs is 1. The summed E-state index contributed by atoms with van der Waals surface area (Å²) >= 11 is 0. The van der Waals surface area contributed by atoms with Gasteiger partial charge in [0.05, 0.1) is 22.5 Å². The molecule has 1 atom stereocenters. The number of rotatable bonds is 9. The van der Waals surface area contributed by atoms with Crippen LogP contribution in [-0.2, 0) is 28.7 Å². The molecule has 3 heterocycles. The molecule has 0 aliphatic carbocycles. The summed E-state index contributed by atoms with van der Waals surface area (Å²) in [5.74, 6) is 1.46. The Labute approximate surface area is 155 Å². The lowest BCUT2D eigenvalue weighted by Crippen LogP contribution is -2.08. The molecule has 0 saturated carbocycles. The van der Waals surface area contributed by atoms with E-state index in [0.717, 1.165) is 41.8 Å². The molecule has 138 valence electrons. The molecule has 0 aliphatic heterocycles. The predicted octanol–water partition coefficient (Wildman–Crippen LogP) is 2.65. The topological polar surface area (TPSA) is 82.8 Å². The number of hydrogen-bond acceptors (Lipinski definition) is 6. The lowest BCUT2D eigenvalue weighted by Gasteiger charge is -2.10. The smallest absolute Gasteiger partial charge is 0.218 e. The lowest BCUT2D eigenvalue weighted by molar-refractivity contribution is 0.126. The third-order valence-electron chi connectivity index (χ3n) is 4.05. The van der Waals surface area contributed by atoms with E-state index in [1.165, 1.54) is 0 Å². The summed E-state index contributed by atoms with van der Waals surface area (Å²) in [6.45, 7) is 5.95. The van der Waals surface area contributed by atoms with E-state index < -0.39 is 10.8 Å². The number of aromatic nitrogens is 5. The van der Waals surface area contributed by atoms with Crippen molar-refractivity contribution >= 4 is 21.8 Å². The number of hydrogen-bond donors (Lipinski definition) is 0. The van der Waals surface area contributed by atoms with E-state index in [9.17, 15) is 4.21 Å². The van der Waals surface area contributed by atoms with Gasteiger partial charge in [-0.25, -0.2) is 15.0 Å². The van der Waals surface area contributed by atoms with Crippen LogP contribution in [0.1, 0.15) is 31.2 Å². The summed E-state index contributed by atoms with van der Waals surface area (Å²) in [4.78, 5) is 17.0. The van der Waals surface area contributed by atoms with E-state index in [1.807, 2.05) is 20.0 Å². The minimum Gasteiger partial charge on any atom is -0.374 e. The molecular weight excluding hydrogens is 350 g/mol. The first-order valence-electron chi connectivity index (χ1n) is 8.73. The highest BCUT2D eigenvalue weighted by Gasteiger charge is 2.13. The van der Waals surface area contributed by atoms with Crippen LogP contribution >= 0.6 is 0 Å². The van der Waals surface area contributed by atoms with Crippen LogP contribution < -0.4 is 0 Å². The fourth-order valence-corrected chi connectivity index (χ4v) is 3.85. The minimum atomic E-state index is -1.16. The van der Waals surface area contributed by atoms with Gasteiger partial charge in [-0.2, -0.15) is 0 Å². The Morgan fingerprint density at radius 3 is 2.77 bits per heavy atom. The monoisotopic (exact) mass is 373 g/mol. The Balaban J connectivity index is 1.67. The molecule has 0 N–H and O–H groups in total. The summed E-state index contributed by atoms with van der Waals surface area (Å²) in [6.07, 6.45) is 8.60. The molecule has 0 aromatic carbocycles. The van der Waals surface area contributed by atoms with Crippen molar-refractivity contribution in [2.24, 2.45) is 0 Å². The molecule has 7 nitrogen and oxygen atoms in total. The zero-order chi connectivity index (χ0) is 18.4. The number of aryl methyl sites for hydroxylation is 2. The highest BCUT2D eigenvalue weighted by Crippen LogP contribution is 2.20. The third-order valence-corrected chi connectivity index (χ3v) is 5.33. The fraction of sp³-hybridized carbons (Fsp3) is 0.444. The van der Waals surface area contributed by atoms with Gasteiger partial charge in [0.2, 0.25) is 5.16 Å². The van der Waals surface area contributed by atoms with Crippen molar-refractivity contribution in [3.63, 3.8) is 0 Å². The Kier molecular flexibility index (Phi) is 6.40. The first-order chi connectivity index (χ1) is 12.7. The van der Waals surface area contributed by atoms with Crippen LogP contribution in [0.15, 0.2) is 36.0 Å². The standard InChI is InChI=1S/C18H23N5O2S/c1-3-25-13-16-22-15-12-19-11-14(2)17(15)23(16)9-4-5-10-26(24)18-20-7-6-8-21-18/h6-8,11-12H,3-5,9-10,13H2,1-2H3. The minimum absolute atomic E-state index is 0.402. The Bertz CT molecular complexity index is 882. The number of ether oxygens (including phenoxy) is 1. The van der Waals surface area contributed by atoms with Gasteiger partial charge in [-0.1, -0.05) is 0 Å². The average molecular weight is 373 g/mol. The van der Waals surface area contributed by atoms with Crippen molar-refractivity contribution in [2.75, 3.05) is 12.4 Å². The van der Waals surface area contributed by atoms with Gasteiger partial charge in [-0.05, 0) is 38.3 Å². The van der Waals surface area contributed by atoms with Crippen LogP contribution in [-0.4, -0.2) is 41.1 Å². The van der Waals surface area contributed by atoms with Crippen molar-refractivity contribution < 1.29 is 8.95 Å². The molecule has 0 spiro atoms. The molecule has 8 heteroatoms. The molecule has 0 bridgehead atoms. The van der Waals surface area contributed by atoms with Crippen molar-refractivity contribution in [1.29, 1.82) is 0 Å². The maximum atomic E-state index is 12.2. The van der Waals surface area contributed by atoms with E-state index in [-0.39, 0.29) is 0 Å². The van der Waals surface area contributed by atoms with E-state index in [2.05, 4.69) is 24.5 Å². The summed E-state index contributed by atoms with van der Waals surface area (Å²) in [5.41, 5.74) is 3.09. The van der Waals surface area contributed by atoms with E-state index >= 15 is 0 Å². The van der Waals surface area contributed by atoms with Gasteiger partial charge in [-0.15, -0.1) is 0 Å². The number of imidazole rings is 1. The molecule has 0 saturated heterocycles. The van der Waals surface area contributed by atoms with Crippen molar-refractivity contribution in [1.82, 2.24) is 24.5 Å². The molecule has 3 rings (SSSR count). The summed E-state index contributed by atoms with van der Waals surface area (Å²) in [6, 6.07) is 1.72. The van der Waals surface area contributed by atoms with Crippen LogP contribution in [0.25, 0.3) is 11.0 Å². The summed E-state index contributed by atoms with van der Waals surface area (Å²) in [7, 11) is -1.16. The molecular formula is C18H23N5O2S. The quantitative estimate of drug-likeness (QED) is 0.424. The molecule has 3 aromatic rings. The largest absolute Gasteiger partial charge is 0.374 e. The third kappa shape index (κ3) is 4.31. The molecule has 0 fully saturated rings. The Morgan fingerprint density at radius 2 is 2.00 bits per heavy atom. The second kappa shape index (κ2) is 8.95. The molecule has 26 heavy (non-hydrogen) atoms. The fourth-order valence-electron chi connectivity index (χ4n) is 2.85. The van der Waals surface area contributed by atoms with Gasteiger partial charge in [0.25, 0.3) is 0 Å². The van der Waals surface area contributed by atoms with Crippen LogP contribution in [0.3, 0.4) is 0 Å². The maximum Gasteiger partial charge on any atom is 0.218 e. The molecule has 3 aromatic heterocycles. The average Bonchev–Trinajstić information content (AvgIpc) is 3.03. The highest BCUT2D eigenvalue weighted by molar-refractivity contribution is 7.84. The van der Waals surface area contributed by atoms with Gasteiger partial charge >= 0.3 is 0 Å². The van der Waals surface area contributed by atoms with E-state index in [1.54, 1.807) is 24.7 Å². The van der Waals surface area contributed by atoms with E-state index in [0.29, 0.717) is 24.1 Å². The zero-order valence-electron chi connectivity index (χ0n) is 15.1. The Hall–Kier alpha value is -2.19. The summed E-state index contributed by atoms with van der Waals surface area (Å²) in [5, 5.41) is 0.402. The zero-order valence-corrected chi connectivity index (χ0v) is 15.9. The van der Waals surface area contributed by atoms with Gasteiger partial charge in [-0.3, -0.25) is 9.19 Å². The van der Waals surface area contributed by atoms with Crippen LogP contribution in [0.2, 0.25) is 0 Å². The van der Waals surface area contributed by atoms with Crippen molar-refractivity contribution in [3.05, 3.63) is 42.2 Å². The van der Waals surface area contributed by atoms with Crippen LogP contribution in [0.5, 0.6) is 0 Å². The number of nitrogens with zero attached hydrogens (tertiary/aromatic N) is 5. The van der Waals surface area contributed by atoms with Crippen molar-refractivity contribution in [3.8, 4) is 0 Å². The molecule has 0 aliphatic rings. The number of pyridine rings is 1. The van der Waals surface area contributed by atoms with Crippen LogP contribution in [0.4, 0.5) is 0 Å². The lowest BCUT2D eigenvalue weighted by atomic mass is 10.2. The predicted molar refractivity (Wildman–Crippen MR) is 100 cm³/mol. The van der Waals surface area contributed by atoms with Crippen molar-refractivity contribution in [2.45, 2.75) is 45.0 Å². The second-order valence-corrected chi connectivity index (χ2v) is 7.39. The van der Waals surface area contributed by atoms with Gasteiger partial charge in [0.1, 0.15) is 17.9 Å². The van der Waals surface area contributed by atoms with Crippen LogP contribution in [0, 0.1) is 6.92 Å². The summed E-state index contributed by atoms with van der Waals surface area (Å²) < 4.78 is 20.0. The molecule has 1 unspecified atom stereocenters. The molecule has 0 radical (unpaired) electrons. The highest BCUT2D eigenvalue weighted by atomic mass is 32.2. The number of unbranched alkanes of at least 4 members (excludes halogenated alkanes) is 1. The normalized spacial score (nSPS) is 12.5. The second-order valence-electron chi connectivity index (χ2n) is 5.93. The Morgan fingerprint density at radius 1 is 1.19 bits per heavy atom.